The first-order valence-electron chi connectivity index (χ1n) is 11.6. The highest BCUT2D eigenvalue weighted by atomic mass is 35.5. The molecule has 2 aliphatic heterocycles. The van der Waals surface area contributed by atoms with E-state index in [1.54, 1.807) is 24.3 Å². The molecule has 7 rings (SSSR count). The minimum atomic E-state index is -0.324. The van der Waals surface area contributed by atoms with Crippen LogP contribution in [0.15, 0.2) is 24.3 Å². The first-order chi connectivity index (χ1) is 14.5. The van der Waals surface area contributed by atoms with Gasteiger partial charge in [-0.3, -0.25) is 19.4 Å². The maximum atomic E-state index is 13.1. The number of hydrogen-bond donors (Lipinski definition) is 0. The molecule has 4 saturated carbocycles. The van der Waals surface area contributed by atoms with Crippen molar-refractivity contribution < 1.29 is 9.59 Å². The summed E-state index contributed by atoms with van der Waals surface area (Å²) in [7, 11) is 0. The zero-order valence-corrected chi connectivity index (χ0v) is 18.2. The van der Waals surface area contributed by atoms with Gasteiger partial charge < -0.3 is 0 Å². The lowest BCUT2D eigenvalue weighted by Gasteiger charge is -2.61. The number of anilines is 1. The molecule has 4 aliphatic carbocycles. The van der Waals surface area contributed by atoms with E-state index in [0.717, 1.165) is 43.9 Å². The second kappa shape index (κ2) is 7.04. The van der Waals surface area contributed by atoms with Crippen LogP contribution in [0.4, 0.5) is 5.69 Å². The van der Waals surface area contributed by atoms with Crippen molar-refractivity contribution in [2.24, 2.45) is 17.8 Å². The summed E-state index contributed by atoms with van der Waals surface area (Å²) in [6.45, 7) is 3.83. The fourth-order valence-electron chi connectivity index (χ4n) is 7.75. The van der Waals surface area contributed by atoms with Crippen molar-refractivity contribution in [2.45, 2.75) is 56.5 Å². The third-order valence-electron chi connectivity index (χ3n) is 8.62. The first-order valence-corrected chi connectivity index (χ1v) is 12.0. The van der Waals surface area contributed by atoms with E-state index in [4.69, 9.17) is 11.6 Å². The van der Waals surface area contributed by atoms with E-state index in [-0.39, 0.29) is 24.3 Å². The van der Waals surface area contributed by atoms with E-state index in [0.29, 0.717) is 16.2 Å². The lowest BCUT2D eigenvalue weighted by atomic mass is 9.52. The van der Waals surface area contributed by atoms with Crippen molar-refractivity contribution in [1.82, 2.24) is 9.80 Å². The Morgan fingerprint density at radius 2 is 1.53 bits per heavy atom. The Bertz CT molecular complexity index is 844. The molecule has 2 heterocycles. The molecule has 6 fully saturated rings. The molecule has 5 nitrogen and oxygen atoms in total. The lowest BCUT2D eigenvalue weighted by Crippen LogP contribution is -2.64. The summed E-state index contributed by atoms with van der Waals surface area (Å²) in [5.74, 6) is 2.65. The van der Waals surface area contributed by atoms with Gasteiger partial charge in [0.15, 0.2) is 0 Å². The van der Waals surface area contributed by atoms with Crippen molar-refractivity contribution in [2.75, 3.05) is 31.1 Å². The van der Waals surface area contributed by atoms with Crippen molar-refractivity contribution in [1.29, 1.82) is 0 Å². The van der Waals surface area contributed by atoms with Gasteiger partial charge in [-0.05, 0) is 74.5 Å². The van der Waals surface area contributed by atoms with Crippen molar-refractivity contribution in [3.8, 4) is 0 Å². The maximum Gasteiger partial charge on any atom is 0.251 e. The van der Waals surface area contributed by atoms with E-state index in [1.165, 1.54) is 43.4 Å². The zero-order chi connectivity index (χ0) is 20.5. The summed E-state index contributed by atoms with van der Waals surface area (Å²) in [4.78, 5) is 32.2. The summed E-state index contributed by atoms with van der Waals surface area (Å²) in [5.41, 5.74) is 1.02. The molecule has 0 aromatic heterocycles. The molecule has 1 aromatic carbocycles. The second-order valence-electron chi connectivity index (χ2n) is 10.4. The van der Waals surface area contributed by atoms with Crippen LogP contribution >= 0.6 is 11.6 Å². The predicted molar refractivity (Wildman–Crippen MR) is 116 cm³/mol. The Hall–Kier alpha value is -1.43. The minimum absolute atomic E-state index is 0.0921. The van der Waals surface area contributed by atoms with E-state index in [1.807, 2.05) is 0 Å². The molecule has 2 amide bonds. The molecule has 160 valence electrons. The average molecular weight is 428 g/mol. The number of rotatable bonds is 3. The van der Waals surface area contributed by atoms with Crippen LogP contribution in [0.2, 0.25) is 5.02 Å². The molecule has 1 atom stereocenters. The van der Waals surface area contributed by atoms with Crippen LogP contribution in [0.25, 0.3) is 0 Å². The summed E-state index contributed by atoms with van der Waals surface area (Å²) < 4.78 is 0. The van der Waals surface area contributed by atoms with Gasteiger partial charge in [0.1, 0.15) is 0 Å². The van der Waals surface area contributed by atoms with E-state index < -0.39 is 0 Å². The summed E-state index contributed by atoms with van der Waals surface area (Å²) in [6, 6.07) is 6.71. The Kier molecular flexibility index (Phi) is 4.52. The lowest BCUT2D eigenvalue weighted by molar-refractivity contribution is -0.125. The van der Waals surface area contributed by atoms with Gasteiger partial charge >= 0.3 is 0 Å². The number of benzene rings is 1. The van der Waals surface area contributed by atoms with Gasteiger partial charge in [0, 0.05) is 36.7 Å². The third kappa shape index (κ3) is 3.04. The van der Waals surface area contributed by atoms with Crippen LogP contribution in [0, 0.1) is 17.8 Å². The average Bonchev–Trinajstić information content (AvgIpc) is 3.01. The monoisotopic (exact) mass is 427 g/mol. The van der Waals surface area contributed by atoms with Crippen LogP contribution < -0.4 is 4.90 Å². The number of hydrogen-bond acceptors (Lipinski definition) is 4. The summed E-state index contributed by atoms with van der Waals surface area (Å²) >= 11 is 6.08. The molecule has 30 heavy (non-hydrogen) atoms. The van der Waals surface area contributed by atoms with Gasteiger partial charge in [0.25, 0.3) is 5.91 Å². The molecule has 1 unspecified atom stereocenters. The quantitative estimate of drug-likeness (QED) is 0.692. The smallest absolute Gasteiger partial charge is 0.251 e. The standard InChI is InChI=1S/C24H30ClN3O2/c25-19-2-1-3-20(11-19)28-22(29)12-21(23(28)30)26-4-6-27(7-5-26)24-13-16-8-17(14-24)10-18(9-16)15-24/h1-3,11,16-18,21H,4-10,12-15H2. The Labute approximate surface area is 183 Å². The highest BCUT2D eigenvalue weighted by molar-refractivity contribution is 6.31. The van der Waals surface area contributed by atoms with Gasteiger partial charge in [-0.25, -0.2) is 4.90 Å². The molecule has 2 saturated heterocycles. The van der Waals surface area contributed by atoms with Gasteiger partial charge in [-0.2, -0.15) is 0 Å². The molecular weight excluding hydrogens is 398 g/mol. The third-order valence-corrected chi connectivity index (χ3v) is 8.86. The SMILES string of the molecule is O=C1CC(N2CCN(C34CC5CC(CC(C5)C3)C4)CC2)C(=O)N1c1cccc(Cl)c1. The molecule has 0 spiro atoms. The largest absolute Gasteiger partial charge is 0.295 e. The van der Waals surface area contributed by atoms with Gasteiger partial charge in [-0.15, -0.1) is 0 Å². The molecule has 0 N–H and O–H groups in total. The number of nitrogens with zero attached hydrogens (tertiary/aromatic N) is 3. The number of piperazine rings is 1. The number of carbonyl (C=O) groups excluding carboxylic acids is 2. The Morgan fingerprint density at radius 1 is 0.900 bits per heavy atom. The van der Waals surface area contributed by atoms with Crippen LogP contribution in [0.3, 0.4) is 0 Å². The van der Waals surface area contributed by atoms with Crippen LogP contribution in [0.1, 0.15) is 44.9 Å². The number of carbonyl (C=O) groups is 2. The van der Waals surface area contributed by atoms with E-state index in [9.17, 15) is 9.59 Å². The van der Waals surface area contributed by atoms with Crippen LogP contribution in [-0.4, -0.2) is 59.4 Å². The Morgan fingerprint density at radius 3 is 2.13 bits per heavy atom. The van der Waals surface area contributed by atoms with Crippen molar-refractivity contribution in [3.05, 3.63) is 29.3 Å². The van der Waals surface area contributed by atoms with E-state index >= 15 is 0 Å². The summed E-state index contributed by atoms with van der Waals surface area (Å²) in [6.07, 6.45) is 8.86. The number of halogens is 1. The van der Waals surface area contributed by atoms with E-state index in [2.05, 4.69) is 9.80 Å². The molecule has 6 aliphatic rings. The predicted octanol–water partition coefficient (Wildman–Crippen LogP) is 3.56. The normalized spacial score (nSPS) is 39.3. The fraction of sp³-hybridized carbons (Fsp3) is 0.667. The van der Waals surface area contributed by atoms with Crippen LogP contribution in [-0.2, 0) is 9.59 Å². The van der Waals surface area contributed by atoms with Crippen molar-refractivity contribution in [3.63, 3.8) is 0 Å². The van der Waals surface area contributed by atoms with Gasteiger partial charge in [0.2, 0.25) is 5.91 Å². The highest BCUT2D eigenvalue weighted by Crippen LogP contribution is 2.57. The molecule has 0 radical (unpaired) electrons. The molecule has 6 heteroatoms. The van der Waals surface area contributed by atoms with Gasteiger partial charge in [0.05, 0.1) is 18.2 Å². The van der Waals surface area contributed by atoms with Crippen molar-refractivity contribution >= 4 is 29.1 Å². The van der Waals surface area contributed by atoms with Crippen LogP contribution in [0.5, 0.6) is 0 Å². The minimum Gasteiger partial charge on any atom is -0.295 e. The van der Waals surface area contributed by atoms with Gasteiger partial charge in [-0.1, -0.05) is 17.7 Å². The zero-order valence-electron chi connectivity index (χ0n) is 17.4. The number of imide groups is 1. The molecule has 4 bridgehead atoms. The topological polar surface area (TPSA) is 43.9 Å². The maximum absolute atomic E-state index is 13.1. The number of amides is 2. The first kappa shape index (κ1) is 19.3. The fourth-order valence-corrected chi connectivity index (χ4v) is 7.93. The molecular formula is C24H30ClN3O2. The summed E-state index contributed by atoms with van der Waals surface area (Å²) in [5, 5.41) is 0.542. The second-order valence-corrected chi connectivity index (χ2v) is 10.9. The highest BCUT2D eigenvalue weighted by Gasteiger charge is 2.54. The molecule has 1 aromatic rings. The Balaban J connectivity index is 1.14.